The Kier molecular flexibility index (Phi) is 5.22. The zero-order valence-electron chi connectivity index (χ0n) is 13.4. The van der Waals surface area contributed by atoms with E-state index in [4.69, 9.17) is 4.74 Å². The number of amides is 2. The lowest BCUT2D eigenvalue weighted by molar-refractivity contribution is -0.141. The Hall–Kier alpha value is -1.14. The van der Waals surface area contributed by atoms with Crippen LogP contribution in [0.15, 0.2) is 0 Å². The average Bonchev–Trinajstić information content (AvgIpc) is 2.42. The van der Waals surface area contributed by atoms with Crippen LogP contribution < -0.4 is 5.32 Å². The van der Waals surface area contributed by atoms with E-state index < -0.39 is 0 Å². The molecule has 120 valence electrons. The highest BCUT2D eigenvalue weighted by molar-refractivity contribution is 5.88. The zero-order chi connectivity index (χ0) is 15.5. The molecule has 0 bridgehead atoms. The van der Waals surface area contributed by atoms with Crippen molar-refractivity contribution in [1.29, 1.82) is 0 Å². The van der Waals surface area contributed by atoms with E-state index in [1.807, 2.05) is 0 Å². The third-order valence-corrected chi connectivity index (χ3v) is 3.85. The van der Waals surface area contributed by atoms with E-state index in [0.29, 0.717) is 32.8 Å². The smallest absolute Gasteiger partial charge is 0.237 e. The predicted molar refractivity (Wildman–Crippen MR) is 79.8 cm³/mol. The van der Waals surface area contributed by atoms with Gasteiger partial charge in [-0.3, -0.25) is 14.5 Å². The minimum atomic E-state index is -0.340. The number of piperazine rings is 1. The van der Waals surface area contributed by atoms with Crippen molar-refractivity contribution in [2.75, 3.05) is 45.9 Å². The molecule has 2 aliphatic rings. The molecule has 0 saturated carbocycles. The van der Waals surface area contributed by atoms with E-state index in [1.54, 1.807) is 4.90 Å². The van der Waals surface area contributed by atoms with E-state index in [1.165, 1.54) is 0 Å². The fraction of sp³-hybridized carbons (Fsp3) is 0.867. The Balaban J connectivity index is 1.98. The highest BCUT2D eigenvalue weighted by atomic mass is 16.5. The van der Waals surface area contributed by atoms with Gasteiger partial charge in [-0.2, -0.15) is 0 Å². The van der Waals surface area contributed by atoms with E-state index in [9.17, 15) is 9.59 Å². The Morgan fingerprint density at radius 1 is 1.29 bits per heavy atom. The highest BCUT2D eigenvalue weighted by Crippen LogP contribution is 2.20. The molecule has 2 fully saturated rings. The van der Waals surface area contributed by atoms with Gasteiger partial charge >= 0.3 is 0 Å². The summed E-state index contributed by atoms with van der Waals surface area (Å²) in [7, 11) is 0. The summed E-state index contributed by atoms with van der Waals surface area (Å²) in [5.74, 6) is 0.0337. The first-order valence-corrected chi connectivity index (χ1v) is 7.74. The van der Waals surface area contributed by atoms with Gasteiger partial charge in [-0.15, -0.1) is 0 Å². The molecule has 1 atom stereocenters. The molecule has 2 rings (SSSR count). The van der Waals surface area contributed by atoms with Crippen molar-refractivity contribution in [3.05, 3.63) is 0 Å². The van der Waals surface area contributed by atoms with Gasteiger partial charge in [-0.1, -0.05) is 20.8 Å². The summed E-state index contributed by atoms with van der Waals surface area (Å²) < 4.78 is 5.26. The van der Waals surface area contributed by atoms with Gasteiger partial charge in [0.05, 0.1) is 25.7 Å². The number of carbonyl (C=O) groups is 2. The SMILES string of the molecule is CC(C)(C)CN1CCNC(=O)[C@H]1CC(=O)N1CCOCC1. The van der Waals surface area contributed by atoms with Gasteiger partial charge in [-0.05, 0) is 5.41 Å². The minimum absolute atomic E-state index is 0.0212. The van der Waals surface area contributed by atoms with Crippen LogP contribution in [-0.4, -0.2) is 73.6 Å². The molecule has 2 heterocycles. The van der Waals surface area contributed by atoms with Crippen LogP contribution in [0.1, 0.15) is 27.2 Å². The monoisotopic (exact) mass is 297 g/mol. The Labute approximate surface area is 126 Å². The van der Waals surface area contributed by atoms with Gasteiger partial charge in [0.1, 0.15) is 0 Å². The van der Waals surface area contributed by atoms with Crippen LogP contribution in [-0.2, 0) is 14.3 Å². The maximum atomic E-state index is 12.4. The minimum Gasteiger partial charge on any atom is -0.378 e. The molecule has 0 unspecified atom stereocenters. The number of rotatable bonds is 3. The van der Waals surface area contributed by atoms with Crippen molar-refractivity contribution in [2.24, 2.45) is 5.41 Å². The number of ether oxygens (including phenoxy) is 1. The van der Waals surface area contributed by atoms with Crippen LogP contribution >= 0.6 is 0 Å². The number of nitrogens with zero attached hydrogens (tertiary/aromatic N) is 2. The molecule has 2 aliphatic heterocycles. The highest BCUT2D eigenvalue weighted by Gasteiger charge is 2.34. The second-order valence-electron chi connectivity index (χ2n) is 7.04. The summed E-state index contributed by atoms with van der Waals surface area (Å²) in [5.41, 5.74) is 0.109. The van der Waals surface area contributed by atoms with Crippen LogP contribution in [0.5, 0.6) is 0 Å². The molecule has 0 aromatic rings. The molecule has 6 heteroatoms. The summed E-state index contributed by atoms with van der Waals surface area (Å²) in [4.78, 5) is 28.5. The van der Waals surface area contributed by atoms with Gasteiger partial charge in [0.2, 0.25) is 11.8 Å². The third-order valence-electron chi connectivity index (χ3n) is 3.85. The van der Waals surface area contributed by atoms with Crippen LogP contribution in [0.4, 0.5) is 0 Å². The second kappa shape index (κ2) is 6.75. The molecule has 0 aromatic carbocycles. The first-order valence-electron chi connectivity index (χ1n) is 7.74. The summed E-state index contributed by atoms with van der Waals surface area (Å²) in [6.45, 7) is 11.2. The molecule has 2 saturated heterocycles. The Bertz CT molecular complexity index is 386. The number of carbonyl (C=O) groups excluding carboxylic acids is 2. The maximum Gasteiger partial charge on any atom is 0.237 e. The second-order valence-corrected chi connectivity index (χ2v) is 7.04. The van der Waals surface area contributed by atoms with Crippen LogP contribution in [0, 0.1) is 5.41 Å². The molecule has 2 amide bonds. The van der Waals surface area contributed by atoms with Crippen molar-refractivity contribution < 1.29 is 14.3 Å². The lowest BCUT2D eigenvalue weighted by atomic mass is 9.94. The summed E-state index contributed by atoms with van der Waals surface area (Å²) in [6.07, 6.45) is 0.266. The van der Waals surface area contributed by atoms with Crippen LogP contribution in [0.3, 0.4) is 0 Å². The van der Waals surface area contributed by atoms with Crippen molar-refractivity contribution in [3.63, 3.8) is 0 Å². The first kappa shape index (κ1) is 16.2. The third kappa shape index (κ3) is 4.68. The lowest BCUT2D eigenvalue weighted by Crippen LogP contribution is -2.58. The van der Waals surface area contributed by atoms with E-state index in [2.05, 4.69) is 31.0 Å². The molecule has 6 nitrogen and oxygen atoms in total. The molecule has 21 heavy (non-hydrogen) atoms. The van der Waals surface area contributed by atoms with Gasteiger partial charge in [0, 0.05) is 32.7 Å². The molecule has 1 N–H and O–H groups in total. The van der Waals surface area contributed by atoms with Crippen molar-refractivity contribution in [2.45, 2.75) is 33.2 Å². The van der Waals surface area contributed by atoms with Crippen molar-refractivity contribution >= 4 is 11.8 Å². The Morgan fingerprint density at radius 2 is 1.95 bits per heavy atom. The molecular formula is C15H27N3O3. The van der Waals surface area contributed by atoms with Gasteiger partial charge < -0.3 is 15.0 Å². The lowest BCUT2D eigenvalue weighted by Gasteiger charge is -2.39. The quantitative estimate of drug-likeness (QED) is 0.801. The first-order chi connectivity index (χ1) is 9.87. The molecule has 0 radical (unpaired) electrons. The normalized spacial score (nSPS) is 24.8. The van der Waals surface area contributed by atoms with E-state index in [0.717, 1.165) is 13.1 Å². The molecule has 0 aliphatic carbocycles. The van der Waals surface area contributed by atoms with Crippen LogP contribution in [0.2, 0.25) is 0 Å². The van der Waals surface area contributed by atoms with E-state index >= 15 is 0 Å². The number of nitrogens with one attached hydrogen (secondary N) is 1. The number of morpholine rings is 1. The van der Waals surface area contributed by atoms with Gasteiger partial charge in [0.25, 0.3) is 0 Å². The van der Waals surface area contributed by atoms with Crippen LogP contribution in [0.25, 0.3) is 0 Å². The number of hydrogen-bond donors (Lipinski definition) is 1. The van der Waals surface area contributed by atoms with Gasteiger partial charge in [0.15, 0.2) is 0 Å². The summed E-state index contributed by atoms with van der Waals surface area (Å²) in [6, 6.07) is -0.340. The molecular weight excluding hydrogens is 270 g/mol. The summed E-state index contributed by atoms with van der Waals surface area (Å²) in [5, 5.41) is 2.88. The standard InChI is InChI=1S/C15H27N3O3/c1-15(2,3)11-18-5-4-16-14(20)12(18)10-13(19)17-6-8-21-9-7-17/h12H,4-11H2,1-3H3,(H,16,20)/t12-/m1/s1. The molecule has 0 aromatic heterocycles. The molecule has 0 spiro atoms. The fourth-order valence-corrected chi connectivity index (χ4v) is 2.89. The van der Waals surface area contributed by atoms with E-state index in [-0.39, 0.29) is 29.7 Å². The number of hydrogen-bond acceptors (Lipinski definition) is 4. The predicted octanol–water partition coefficient (Wildman–Crippen LogP) is 0.0818. The average molecular weight is 297 g/mol. The fourth-order valence-electron chi connectivity index (χ4n) is 2.89. The summed E-state index contributed by atoms with van der Waals surface area (Å²) >= 11 is 0. The maximum absolute atomic E-state index is 12.4. The topological polar surface area (TPSA) is 61.9 Å². The largest absolute Gasteiger partial charge is 0.378 e. The van der Waals surface area contributed by atoms with Gasteiger partial charge in [-0.25, -0.2) is 0 Å². The van der Waals surface area contributed by atoms with Crippen molar-refractivity contribution in [3.8, 4) is 0 Å². The van der Waals surface area contributed by atoms with Crippen molar-refractivity contribution in [1.82, 2.24) is 15.1 Å². The zero-order valence-corrected chi connectivity index (χ0v) is 13.4. The Morgan fingerprint density at radius 3 is 2.57 bits per heavy atom.